The van der Waals surface area contributed by atoms with Gasteiger partial charge < -0.3 is 19.1 Å². The van der Waals surface area contributed by atoms with Crippen LogP contribution in [-0.4, -0.2) is 72.5 Å². The third-order valence-corrected chi connectivity index (χ3v) is 4.69. The molecule has 1 aromatic rings. The Morgan fingerprint density at radius 1 is 1.52 bits per heavy atom. The van der Waals surface area contributed by atoms with Gasteiger partial charge in [-0.2, -0.15) is 0 Å². The first-order valence-corrected chi connectivity index (χ1v) is 8.44. The van der Waals surface area contributed by atoms with Crippen LogP contribution < -0.4 is 0 Å². The van der Waals surface area contributed by atoms with Gasteiger partial charge in [-0.15, -0.1) is 0 Å². The highest BCUT2D eigenvalue weighted by molar-refractivity contribution is 7.99. The molecule has 1 aromatic heterocycles. The molecular formula is C14H20N6O4S. The second kappa shape index (κ2) is 9.42. The van der Waals surface area contributed by atoms with Crippen molar-refractivity contribution >= 4 is 17.9 Å². The molecule has 0 saturated carbocycles. The van der Waals surface area contributed by atoms with Crippen molar-refractivity contribution in [2.45, 2.75) is 35.3 Å². The van der Waals surface area contributed by atoms with Crippen molar-refractivity contribution < 1.29 is 19.0 Å². The third kappa shape index (κ3) is 5.46. The van der Waals surface area contributed by atoms with E-state index in [4.69, 9.17) is 15.0 Å². The number of azide groups is 1. The van der Waals surface area contributed by atoms with Gasteiger partial charge in [-0.1, -0.05) is 16.9 Å². The zero-order valence-corrected chi connectivity index (χ0v) is 15.0. The van der Waals surface area contributed by atoms with Crippen molar-refractivity contribution in [3.63, 3.8) is 0 Å². The lowest BCUT2D eigenvalue weighted by Crippen LogP contribution is -2.55. The normalized spacial score (nSPS) is 25.9. The number of carbonyl (C=O) groups is 1. The van der Waals surface area contributed by atoms with E-state index >= 15 is 0 Å². The van der Waals surface area contributed by atoms with Crippen molar-refractivity contribution in [1.29, 1.82) is 0 Å². The number of hydrogen-bond acceptors (Lipinski definition) is 9. The number of methoxy groups -OCH3 is 1. The highest BCUT2D eigenvalue weighted by atomic mass is 32.2. The van der Waals surface area contributed by atoms with Crippen LogP contribution in [0.1, 0.15) is 6.42 Å². The highest BCUT2D eigenvalue weighted by Crippen LogP contribution is 2.34. The SMILES string of the molecule is COC(=O)O[C@H]1[C@H](Sc2ncccn2)O[C@H](CN=[N+]=[N-])C[C@@H]1N(C)C. The Kier molecular flexibility index (Phi) is 7.26. The minimum atomic E-state index is -0.784. The lowest BCUT2D eigenvalue weighted by atomic mass is 9.99. The fourth-order valence-corrected chi connectivity index (χ4v) is 3.53. The van der Waals surface area contributed by atoms with Crippen molar-refractivity contribution in [3.8, 4) is 0 Å². The summed E-state index contributed by atoms with van der Waals surface area (Å²) < 4.78 is 16.1. The second-order valence-corrected chi connectivity index (χ2v) is 6.56. The largest absolute Gasteiger partial charge is 0.508 e. The van der Waals surface area contributed by atoms with Crippen molar-refractivity contribution in [2.24, 2.45) is 5.11 Å². The number of thioether (sulfide) groups is 1. The molecule has 1 aliphatic rings. The maximum Gasteiger partial charge on any atom is 0.508 e. The minimum Gasteiger partial charge on any atom is -0.438 e. The molecule has 0 bridgehead atoms. The quantitative estimate of drug-likeness (QED) is 0.246. The molecule has 0 spiro atoms. The molecule has 0 radical (unpaired) electrons. The predicted molar refractivity (Wildman–Crippen MR) is 89.9 cm³/mol. The summed E-state index contributed by atoms with van der Waals surface area (Å²) in [6.45, 7) is 0.193. The Labute approximate surface area is 149 Å². The summed E-state index contributed by atoms with van der Waals surface area (Å²) in [6, 6.07) is 1.56. The summed E-state index contributed by atoms with van der Waals surface area (Å²) in [4.78, 5) is 24.7. The molecule has 10 nitrogen and oxygen atoms in total. The lowest BCUT2D eigenvalue weighted by molar-refractivity contribution is -0.119. The summed E-state index contributed by atoms with van der Waals surface area (Å²) in [5, 5.41) is 4.09. The van der Waals surface area contributed by atoms with Gasteiger partial charge in [0, 0.05) is 17.3 Å². The Bertz CT molecular complexity index is 613. The molecule has 1 fully saturated rings. The van der Waals surface area contributed by atoms with Crippen LogP contribution >= 0.6 is 11.8 Å². The van der Waals surface area contributed by atoms with Crippen LogP contribution in [0.3, 0.4) is 0 Å². The van der Waals surface area contributed by atoms with E-state index in [2.05, 4.69) is 24.7 Å². The highest BCUT2D eigenvalue weighted by Gasteiger charge is 2.43. The van der Waals surface area contributed by atoms with Gasteiger partial charge in [-0.05, 0) is 32.1 Å². The van der Waals surface area contributed by atoms with E-state index in [1.54, 1.807) is 18.5 Å². The summed E-state index contributed by atoms with van der Waals surface area (Å²) in [6.07, 6.45) is 2.10. The van der Waals surface area contributed by atoms with Crippen LogP contribution in [-0.2, 0) is 14.2 Å². The van der Waals surface area contributed by atoms with Gasteiger partial charge in [0.25, 0.3) is 0 Å². The van der Waals surface area contributed by atoms with Crippen LogP contribution in [0.2, 0.25) is 0 Å². The first-order chi connectivity index (χ1) is 12.0. The smallest absolute Gasteiger partial charge is 0.438 e. The van der Waals surface area contributed by atoms with Crippen LogP contribution in [0.15, 0.2) is 28.7 Å². The van der Waals surface area contributed by atoms with E-state index in [0.717, 1.165) is 0 Å². The number of rotatable bonds is 6. The van der Waals surface area contributed by atoms with Gasteiger partial charge in [-0.25, -0.2) is 14.8 Å². The number of nitrogens with zero attached hydrogens (tertiary/aromatic N) is 6. The van der Waals surface area contributed by atoms with Crippen molar-refractivity contribution in [2.75, 3.05) is 27.7 Å². The number of likely N-dealkylation sites (N-methyl/N-ethyl adjacent to an activating group) is 1. The van der Waals surface area contributed by atoms with E-state index < -0.39 is 17.7 Å². The minimum absolute atomic E-state index is 0.145. The average Bonchev–Trinajstić information content (AvgIpc) is 2.62. The zero-order chi connectivity index (χ0) is 18.2. The maximum absolute atomic E-state index is 11.7. The molecule has 4 atom stereocenters. The number of carbonyl (C=O) groups excluding carboxylic acids is 1. The Balaban J connectivity index is 2.24. The van der Waals surface area contributed by atoms with Gasteiger partial charge in [-0.3, -0.25) is 0 Å². The Morgan fingerprint density at radius 3 is 2.84 bits per heavy atom. The van der Waals surface area contributed by atoms with Crippen LogP contribution in [0.25, 0.3) is 10.4 Å². The fourth-order valence-electron chi connectivity index (χ4n) is 2.50. The van der Waals surface area contributed by atoms with Crippen molar-refractivity contribution in [3.05, 3.63) is 28.9 Å². The average molecular weight is 368 g/mol. The van der Waals surface area contributed by atoms with Gasteiger partial charge in [0.1, 0.15) is 5.44 Å². The Hall–Kier alpha value is -2.07. The first kappa shape index (κ1) is 19.3. The van der Waals surface area contributed by atoms with Crippen LogP contribution in [0.5, 0.6) is 0 Å². The maximum atomic E-state index is 11.7. The zero-order valence-electron chi connectivity index (χ0n) is 14.2. The Morgan fingerprint density at radius 2 is 2.24 bits per heavy atom. The van der Waals surface area contributed by atoms with Gasteiger partial charge in [0.2, 0.25) is 0 Å². The van der Waals surface area contributed by atoms with E-state index in [1.165, 1.54) is 18.9 Å². The van der Waals surface area contributed by atoms with E-state index in [0.29, 0.717) is 11.6 Å². The third-order valence-electron chi connectivity index (χ3n) is 3.65. The number of aromatic nitrogens is 2. The molecule has 0 aliphatic carbocycles. The molecule has 0 unspecified atom stereocenters. The molecule has 2 heterocycles. The monoisotopic (exact) mass is 368 g/mol. The molecule has 25 heavy (non-hydrogen) atoms. The van der Waals surface area contributed by atoms with E-state index in [-0.39, 0.29) is 18.7 Å². The lowest BCUT2D eigenvalue weighted by Gasteiger charge is -2.42. The van der Waals surface area contributed by atoms with Crippen LogP contribution in [0.4, 0.5) is 4.79 Å². The molecule has 0 aromatic carbocycles. The van der Waals surface area contributed by atoms with Gasteiger partial charge in [0.05, 0.1) is 25.8 Å². The molecule has 0 N–H and O–H groups in total. The summed E-state index contributed by atoms with van der Waals surface area (Å²) in [5.41, 5.74) is 7.99. The number of hydrogen-bond donors (Lipinski definition) is 0. The van der Waals surface area contributed by atoms with E-state index in [1.807, 2.05) is 19.0 Å². The molecular weight excluding hydrogens is 348 g/mol. The molecule has 2 rings (SSSR count). The van der Waals surface area contributed by atoms with Crippen molar-refractivity contribution in [1.82, 2.24) is 14.9 Å². The molecule has 1 saturated heterocycles. The van der Waals surface area contributed by atoms with Gasteiger partial charge >= 0.3 is 6.16 Å². The second-order valence-electron chi connectivity index (χ2n) is 5.49. The molecule has 0 amide bonds. The standard InChI is InChI=1S/C14H20N6O4S/c1-20(2)10-7-9(8-18-19-15)23-12(11(10)24-14(21)22-3)25-13-16-5-4-6-17-13/h4-6,9-12H,7-8H2,1-3H3/t9-,10-,11+,12-/m0/s1. The summed E-state index contributed by atoms with van der Waals surface area (Å²) >= 11 is 1.24. The molecule has 136 valence electrons. The fraction of sp³-hybridized carbons (Fsp3) is 0.643. The first-order valence-electron chi connectivity index (χ1n) is 7.56. The molecule has 11 heteroatoms. The summed E-state index contributed by atoms with van der Waals surface area (Å²) in [5.74, 6) is 0. The number of ether oxygens (including phenoxy) is 3. The topological polar surface area (TPSA) is 123 Å². The molecule has 1 aliphatic heterocycles. The predicted octanol–water partition coefficient (Wildman–Crippen LogP) is 2.08. The van der Waals surface area contributed by atoms with Gasteiger partial charge in [0.15, 0.2) is 11.3 Å². The van der Waals surface area contributed by atoms with Crippen LogP contribution in [0, 0.1) is 0 Å². The summed E-state index contributed by atoms with van der Waals surface area (Å²) in [7, 11) is 5.02. The van der Waals surface area contributed by atoms with E-state index in [9.17, 15) is 4.79 Å².